The molecule has 0 aromatic carbocycles. The lowest BCUT2D eigenvalue weighted by Gasteiger charge is -2.47. The molecule has 0 bridgehead atoms. The second kappa shape index (κ2) is 2.91. The van der Waals surface area contributed by atoms with E-state index in [2.05, 4.69) is 6.58 Å². The van der Waals surface area contributed by atoms with Crippen molar-refractivity contribution in [2.24, 2.45) is 0 Å². The molecule has 1 N–H and O–H groups in total. The van der Waals surface area contributed by atoms with Crippen molar-refractivity contribution in [1.82, 2.24) is 4.90 Å². The predicted octanol–water partition coefficient (Wildman–Crippen LogP) is -0.683. The fraction of sp³-hybridized carbons (Fsp3) is 0.500. The van der Waals surface area contributed by atoms with E-state index in [1.807, 2.05) is 0 Å². The van der Waals surface area contributed by atoms with Crippen LogP contribution in [0.15, 0.2) is 12.2 Å². The van der Waals surface area contributed by atoms with Crippen LogP contribution < -0.4 is 0 Å². The van der Waals surface area contributed by atoms with Gasteiger partial charge in [0, 0.05) is 16.6 Å². The SMILES string of the molecule is C=C1CS(=O)[C@@H]2CC(=O)N2C1C(=O)O. The van der Waals surface area contributed by atoms with Crippen molar-refractivity contribution in [2.45, 2.75) is 17.8 Å². The zero-order valence-electron chi connectivity index (χ0n) is 7.30. The molecule has 14 heavy (non-hydrogen) atoms. The maximum Gasteiger partial charge on any atom is 0.330 e. The third-order valence-corrected chi connectivity index (χ3v) is 4.13. The molecule has 3 atom stereocenters. The van der Waals surface area contributed by atoms with Crippen LogP contribution in [0.2, 0.25) is 0 Å². The minimum Gasteiger partial charge on any atom is -0.479 e. The van der Waals surface area contributed by atoms with Crippen LogP contribution in [0.25, 0.3) is 0 Å². The number of carboxylic acid groups (broad SMARTS) is 1. The molecule has 6 heteroatoms. The highest BCUT2D eigenvalue weighted by atomic mass is 32.2. The molecule has 0 radical (unpaired) electrons. The molecule has 0 spiro atoms. The van der Waals surface area contributed by atoms with E-state index in [0.717, 1.165) is 0 Å². The Hall–Kier alpha value is -1.17. The minimum atomic E-state index is -1.17. The summed E-state index contributed by atoms with van der Waals surface area (Å²) in [6.45, 7) is 3.55. The first kappa shape index (κ1) is 9.39. The van der Waals surface area contributed by atoms with Gasteiger partial charge in [0.1, 0.15) is 5.37 Å². The van der Waals surface area contributed by atoms with Gasteiger partial charge in [-0.05, 0) is 5.57 Å². The van der Waals surface area contributed by atoms with Gasteiger partial charge in [-0.3, -0.25) is 9.00 Å². The Morgan fingerprint density at radius 3 is 2.79 bits per heavy atom. The Morgan fingerprint density at radius 2 is 2.29 bits per heavy atom. The van der Waals surface area contributed by atoms with Crippen molar-refractivity contribution in [1.29, 1.82) is 0 Å². The summed E-state index contributed by atoms with van der Waals surface area (Å²) in [6.07, 6.45) is 0.198. The smallest absolute Gasteiger partial charge is 0.330 e. The average Bonchev–Trinajstić information content (AvgIpc) is 2.07. The van der Waals surface area contributed by atoms with E-state index in [1.54, 1.807) is 0 Å². The fourth-order valence-electron chi connectivity index (χ4n) is 1.78. The molecule has 0 aliphatic carbocycles. The normalized spacial score (nSPS) is 36.3. The summed E-state index contributed by atoms with van der Waals surface area (Å²) in [6, 6.07) is -0.973. The summed E-state index contributed by atoms with van der Waals surface area (Å²) in [4.78, 5) is 23.2. The lowest BCUT2D eigenvalue weighted by atomic mass is 10.0. The Bertz CT molecular complexity index is 364. The fourth-order valence-corrected chi connectivity index (χ4v) is 3.32. The molecule has 0 saturated carbocycles. The van der Waals surface area contributed by atoms with Gasteiger partial charge >= 0.3 is 5.97 Å². The third kappa shape index (κ3) is 1.10. The number of fused-ring (bicyclic) bond motifs is 1. The molecule has 0 aromatic rings. The van der Waals surface area contributed by atoms with E-state index < -0.39 is 28.2 Å². The van der Waals surface area contributed by atoms with Gasteiger partial charge in [-0.2, -0.15) is 0 Å². The molecule has 2 aliphatic heterocycles. The number of hydrogen-bond acceptors (Lipinski definition) is 3. The molecule has 2 heterocycles. The van der Waals surface area contributed by atoms with Gasteiger partial charge in [0.05, 0.1) is 6.42 Å². The maximum absolute atomic E-state index is 11.4. The van der Waals surface area contributed by atoms with Crippen LogP contribution in [-0.2, 0) is 20.4 Å². The number of aliphatic carboxylic acids is 1. The van der Waals surface area contributed by atoms with Gasteiger partial charge in [-0.15, -0.1) is 0 Å². The van der Waals surface area contributed by atoms with Gasteiger partial charge < -0.3 is 10.0 Å². The maximum atomic E-state index is 11.4. The van der Waals surface area contributed by atoms with E-state index >= 15 is 0 Å². The summed E-state index contributed by atoms with van der Waals surface area (Å²) in [5.41, 5.74) is 0.347. The van der Waals surface area contributed by atoms with Gasteiger partial charge in [0.2, 0.25) is 5.91 Å². The Labute approximate surface area is 82.8 Å². The topological polar surface area (TPSA) is 74.7 Å². The standard InChI is InChI=1S/C8H9NO4S/c1-4-3-14(13)6-2-5(10)9(6)7(4)8(11)12/h6-7H,1-3H2,(H,11,12)/t6-,7?,14?/m1/s1. The Balaban J connectivity index is 2.32. The lowest BCUT2D eigenvalue weighted by molar-refractivity contribution is -0.156. The van der Waals surface area contributed by atoms with E-state index in [-0.39, 0.29) is 18.1 Å². The second-order valence-electron chi connectivity index (χ2n) is 3.38. The molecule has 2 aliphatic rings. The number of nitrogens with zero attached hydrogens (tertiary/aromatic N) is 1. The van der Waals surface area contributed by atoms with Crippen molar-refractivity contribution in [3.8, 4) is 0 Å². The number of carboxylic acids is 1. The molecular formula is C8H9NO4S. The van der Waals surface area contributed by atoms with Crippen LogP contribution in [0.5, 0.6) is 0 Å². The number of hydrogen-bond donors (Lipinski definition) is 1. The van der Waals surface area contributed by atoms with Crippen molar-refractivity contribution in [3.05, 3.63) is 12.2 Å². The summed E-state index contributed by atoms with van der Waals surface area (Å²) in [5.74, 6) is -1.16. The molecule has 5 nitrogen and oxygen atoms in total. The summed E-state index contributed by atoms with van der Waals surface area (Å²) >= 11 is 0. The molecule has 0 aromatic heterocycles. The van der Waals surface area contributed by atoms with Crippen LogP contribution in [0.1, 0.15) is 6.42 Å². The largest absolute Gasteiger partial charge is 0.479 e. The monoisotopic (exact) mass is 215 g/mol. The lowest BCUT2D eigenvalue weighted by Crippen LogP contribution is -2.65. The predicted molar refractivity (Wildman–Crippen MR) is 48.8 cm³/mol. The van der Waals surface area contributed by atoms with E-state index in [4.69, 9.17) is 5.11 Å². The summed E-state index contributed by atoms with van der Waals surface area (Å²) in [5, 5.41) is 8.47. The van der Waals surface area contributed by atoms with Crippen molar-refractivity contribution in [3.63, 3.8) is 0 Å². The van der Waals surface area contributed by atoms with E-state index in [0.29, 0.717) is 5.57 Å². The van der Waals surface area contributed by atoms with Crippen molar-refractivity contribution < 1.29 is 18.9 Å². The molecule has 2 rings (SSSR count). The van der Waals surface area contributed by atoms with Crippen molar-refractivity contribution in [2.75, 3.05) is 5.75 Å². The van der Waals surface area contributed by atoms with Crippen LogP contribution >= 0.6 is 0 Å². The van der Waals surface area contributed by atoms with Crippen LogP contribution in [0.4, 0.5) is 0 Å². The molecule has 1 amide bonds. The van der Waals surface area contributed by atoms with Crippen molar-refractivity contribution >= 4 is 22.7 Å². The Morgan fingerprint density at radius 1 is 1.64 bits per heavy atom. The highest BCUT2D eigenvalue weighted by molar-refractivity contribution is 7.86. The summed E-state index contributed by atoms with van der Waals surface area (Å²) in [7, 11) is -1.17. The highest BCUT2D eigenvalue weighted by Gasteiger charge is 2.51. The molecule has 76 valence electrons. The zero-order chi connectivity index (χ0) is 10.5. The van der Waals surface area contributed by atoms with E-state index in [9.17, 15) is 13.8 Å². The number of carbonyl (C=O) groups excluding carboxylic acids is 1. The quantitative estimate of drug-likeness (QED) is 0.464. The first-order valence-electron chi connectivity index (χ1n) is 4.11. The van der Waals surface area contributed by atoms with Gasteiger partial charge in [-0.1, -0.05) is 6.58 Å². The van der Waals surface area contributed by atoms with Gasteiger partial charge in [0.25, 0.3) is 0 Å². The number of rotatable bonds is 1. The zero-order valence-corrected chi connectivity index (χ0v) is 8.12. The molecule has 2 unspecified atom stereocenters. The first-order valence-corrected chi connectivity index (χ1v) is 5.49. The van der Waals surface area contributed by atoms with Gasteiger partial charge in [0.15, 0.2) is 6.04 Å². The first-order chi connectivity index (χ1) is 6.52. The van der Waals surface area contributed by atoms with Crippen LogP contribution in [0.3, 0.4) is 0 Å². The Kier molecular flexibility index (Phi) is 1.95. The second-order valence-corrected chi connectivity index (χ2v) is 4.98. The number of amides is 1. The average molecular weight is 215 g/mol. The molecular weight excluding hydrogens is 206 g/mol. The highest BCUT2D eigenvalue weighted by Crippen LogP contribution is 2.33. The number of β-lactam (4-membered cyclic amide) rings is 1. The summed E-state index contributed by atoms with van der Waals surface area (Å²) < 4.78 is 11.4. The van der Waals surface area contributed by atoms with Crippen LogP contribution in [0, 0.1) is 0 Å². The molecule has 2 saturated heterocycles. The minimum absolute atomic E-state index is 0.186. The van der Waals surface area contributed by atoms with Gasteiger partial charge in [-0.25, -0.2) is 4.79 Å². The van der Waals surface area contributed by atoms with Crippen LogP contribution in [-0.4, -0.2) is 43.3 Å². The third-order valence-electron chi connectivity index (χ3n) is 2.48. The van der Waals surface area contributed by atoms with E-state index in [1.165, 1.54) is 4.90 Å². The number of carbonyl (C=O) groups is 2. The molecule has 2 fully saturated rings.